The number of methoxy groups -OCH3 is 1. The maximum Gasteiger partial charge on any atom is 0.336 e. The Morgan fingerprint density at radius 2 is 1.82 bits per heavy atom. The molecule has 2 heterocycles. The fraction of sp³-hybridized carbons (Fsp3) is 0.0800. The minimum atomic E-state index is -0.739. The second-order valence-electron chi connectivity index (χ2n) is 7.34. The summed E-state index contributed by atoms with van der Waals surface area (Å²) in [4.78, 5) is 12.1. The molecule has 6 nitrogen and oxygen atoms in total. The van der Waals surface area contributed by atoms with Gasteiger partial charge in [-0.1, -0.05) is 42.1 Å². The van der Waals surface area contributed by atoms with Crippen molar-refractivity contribution in [2.45, 2.75) is 10.9 Å². The van der Waals surface area contributed by atoms with Crippen LogP contribution in [-0.2, 0) is 5.75 Å². The highest BCUT2D eigenvalue weighted by Crippen LogP contribution is 2.32. The van der Waals surface area contributed by atoms with E-state index in [1.807, 2.05) is 36.4 Å². The van der Waals surface area contributed by atoms with E-state index in [1.54, 1.807) is 16.7 Å². The molecule has 0 saturated heterocycles. The zero-order valence-electron chi connectivity index (χ0n) is 17.9. The van der Waals surface area contributed by atoms with Crippen LogP contribution in [0, 0.1) is 11.6 Å². The van der Waals surface area contributed by atoms with E-state index in [4.69, 9.17) is 9.15 Å². The van der Waals surface area contributed by atoms with E-state index in [9.17, 15) is 13.6 Å². The number of aromatic nitrogens is 3. The number of halogens is 2. The lowest BCUT2D eigenvalue weighted by Gasteiger charge is -2.12. The topological polar surface area (TPSA) is 70.2 Å². The molecule has 0 bridgehead atoms. The molecule has 34 heavy (non-hydrogen) atoms. The summed E-state index contributed by atoms with van der Waals surface area (Å²) in [5, 5.41) is 9.68. The Labute approximate surface area is 196 Å². The van der Waals surface area contributed by atoms with E-state index in [2.05, 4.69) is 10.2 Å². The molecule has 0 N–H and O–H groups in total. The third kappa shape index (κ3) is 4.17. The third-order valence-corrected chi connectivity index (χ3v) is 6.19. The van der Waals surface area contributed by atoms with Gasteiger partial charge in [0.05, 0.1) is 12.8 Å². The van der Waals surface area contributed by atoms with E-state index >= 15 is 0 Å². The van der Waals surface area contributed by atoms with Crippen LogP contribution in [0.5, 0.6) is 5.75 Å². The molecule has 0 aliphatic carbocycles. The van der Waals surface area contributed by atoms with Crippen LogP contribution in [0.2, 0.25) is 0 Å². The molecule has 2 aromatic heterocycles. The fourth-order valence-electron chi connectivity index (χ4n) is 3.62. The lowest BCUT2D eigenvalue weighted by molar-refractivity contribution is 0.414. The maximum atomic E-state index is 14.8. The van der Waals surface area contributed by atoms with Gasteiger partial charge in [-0.3, -0.25) is 4.57 Å². The van der Waals surface area contributed by atoms with Crippen LogP contribution < -0.4 is 10.4 Å². The van der Waals surface area contributed by atoms with Gasteiger partial charge in [-0.2, -0.15) is 0 Å². The summed E-state index contributed by atoms with van der Waals surface area (Å²) in [7, 11) is 1.53. The molecule has 170 valence electrons. The lowest BCUT2D eigenvalue weighted by Crippen LogP contribution is -2.04. The van der Waals surface area contributed by atoms with E-state index in [-0.39, 0.29) is 5.69 Å². The van der Waals surface area contributed by atoms with Crippen molar-refractivity contribution in [1.82, 2.24) is 14.8 Å². The second-order valence-corrected chi connectivity index (χ2v) is 8.29. The largest absolute Gasteiger partial charge is 0.497 e. The Hall–Kier alpha value is -3.98. The van der Waals surface area contributed by atoms with Crippen LogP contribution in [0.15, 0.2) is 87.2 Å². The van der Waals surface area contributed by atoms with Crippen LogP contribution in [0.1, 0.15) is 5.56 Å². The smallest absolute Gasteiger partial charge is 0.336 e. The molecule has 0 radical (unpaired) electrons. The van der Waals surface area contributed by atoms with Gasteiger partial charge in [-0.05, 0) is 29.8 Å². The monoisotopic (exact) mass is 477 g/mol. The van der Waals surface area contributed by atoms with Gasteiger partial charge in [-0.15, -0.1) is 10.2 Å². The highest BCUT2D eigenvalue weighted by atomic mass is 32.2. The molecular formula is C25H17F2N3O3S. The summed E-state index contributed by atoms with van der Waals surface area (Å²) in [5.74, 6) is -0.0980. The number of hydrogen-bond donors (Lipinski definition) is 0. The van der Waals surface area contributed by atoms with Crippen molar-refractivity contribution in [1.29, 1.82) is 0 Å². The number of hydrogen-bond acceptors (Lipinski definition) is 6. The molecular weight excluding hydrogens is 460 g/mol. The Morgan fingerprint density at radius 3 is 2.59 bits per heavy atom. The first-order chi connectivity index (χ1) is 16.5. The zero-order valence-corrected chi connectivity index (χ0v) is 18.7. The minimum absolute atomic E-state index is 0.120. The molecule has 3 aromatic carbocycles. The average molecular weight is 477 g/mol. The van der Waals surface area contributed by atoms with Gasteiger partial charge in [0.25, 0.3) is 0 Å². The summed E-state index contributed by atoms with van der Waals surface area (Å²) < 4.78 is 40.5. The molecule has 0 aliphatic heterocycles. The van der Waals surface area contributed by atoms with Crippen molar-refractivity contribution in [2.24, 2.45) is 0 Å². The summed E-state index contributed by atoms with van der Waals surface area (Å²) in [6.45, 7) is 0. The summed E-state index contributed by atoms with van der Waals surface area (Å²) in [6.07, 6.45) is 0. The molecule has 5 rings (SSSR count). The van der Waals surface area contributed by atoms with Gasteiger partial charge >= 0.3 is 5.63 Å². The molecule has 5 aromatic rings. The number of benzene rings is 3. The summed E-state index contributed by atoms with van der Waals surface area (Å²) >= 11 is 1.27. The first kappa shape index (κ1) is 21.8. The van der Waals surface area contributed by atoms with Gasteiger partial charge in [0.1, 0.15) is 23.0 Å². The highest BCUT2D eigenvalue weighted by molar-refractivity contribution is 7.98. The van der Waals surface area contributed by atoms with Gasteiger partial charge in [0, 0.05) is 34.9 Å². The molecule has 0 unspecified atom stereocenters. The maximum absolute atomic E-state index is 14.8. The quantitative estimate of drug-likeness (QED) is 0.234. The number of ether oxygens (including phenoxy) is 1. The standard InChI is InChI=1S/C25H17F2N3O3S/c1-32-18-8-9-19-16(11-23(31)33-22(19)13-18)14-34-25-29-28-24(15-5-3-2-4-6-15)30(25)21-10-7-17(26)12-20(21)27/h2-13H,14H2,1H3. The average Bonchev–Trinajstić information content (AvgIpc) is 3.26. The van der Waals surface area contributed by atoms with Crippen LogP contribution in [0.3, 0.4) is 0 Å². The highest BCUT2D eigenvalue weighted by Gasteiger charge is 2.20. The Bertz CT molecular complexity index is 1550. The summed E-state index contributed by atoms with van der Waals surface area (Å²) in [6, 6.07) is 19.2. The Balaban J connectivity index is 1.58. The lowest BCUT2D eigenvalue weighted by atomic mass is 10.1. The molecule has 0 fully saturated rings. The molecule has 9 heteroatoms. The SMILES string of the molecule is COc1ccc2c(CSc3nnc(-c4ccccc4)n3-c3ccc(F)cc3F)cc(=O)oc2c1. The predicted octanol–water partition coefficient (Wildman–Crippen LogP) is 5.62. The first-order valence-electron chi connectivity index (χ1n) is 10.2. The Kier molecular flexibility index (Phi) is 5.85. The number of nitrogens with zero attached hydrogens (tertiary/aromatic N) is 3. The van der Waals surface area contributed by atoms with E-state index in [0.717, 1.165) is 17.0 Å². The minimum Gasteiger partial charge on any atom is -0.497 e. The van der Waals surface area contributed by atoms with Crippen molar-refractivity contribution in [3.05, 3.63) is 100 Å². The predicted molar refractivity (Wildman–Crippen MR) is 125 cm³/mol. The van der Waals surface area contributed by atoms with Crippen molar-refractivity contribution in [2.75, 3.05) is 7.11 Å². The van der Waals surface area contributed by atoms with Crippen LogP contribution >= 0.6 is 11.8 Å². The molecule has 0 amide bonds. The van der Waals surface area contributed by atoms with Crippen LogP contribution in [0.4, 0.5) is 8.78 Å². The summed E-state index contributed by atoms with van der Waals surface area (Å²) in [5.41, 5.74) is 1.47. The van der Waals surface area contributed by atoms with E-state index < -0.39 is 17.3 Å². The number of thioether (sulfide) groups is 1. The molecule has 0 aliphatic rings. The van der Waals surface area contributed by atoms with Gasteiger partial charge in [0.15, 0.2) is 11.0 Å². The van der Waals surface area contributed by atoms with Gasteiger partial charge in [0.2, 0.25) is 0 Å². The third-order valence-electron chi connectivity index (χ3n) is 5.21. The fourth-order valence-corrected chi connectivity index (χ4v) is 4.55. The van der Waals surface area contributed by atoms with Crippen LogP contribution in [0.25, 0.3) is 28.0 Å². The Morgan fingerprint density at radius 1 is 1.00 bits per heavy atom. The van der Waals surface area contributed by atoms with E-state index in [1.165, 1.54) is 37.1 Å². The van der Waals surface area contributed by atoms with Crippen molar-refractivity contribution >= 4 is 22.7 Å². The van der Waals surface area contributed by atoms with E-state index in [0.29, 0.717) is 33.6 Å². The molecule has 0 atom stereocenters. The second kappa shape index (κ2) is 9.11. The van der Waals surface area contributed by atoms with Gasteiger partial charge < -0.3 is 9.15 Å². The van der Waals surface area contributed by atoms with Crippen LogP contribution in [-0.4, -0.2) is 21.9 Å². The normalized spacial score (nSPS) is 11.1. The number of rotatable bonds is 6. The zero-order chi connectivity index (χ0) is 23.7. The van der Waals surface area contributed by atoms with Gasteiger partial charge in [-0.25, -0.2) is 13.6 Å². The first-order valence-corrected chi connectivity index (χ1v) is 11.2. The number of fused-ring (bicyclic) bond motifs is 1. The molecule has 0 spiro atoms. The van der Waals surface area contributed by atoms with Crippen molar-refractivity contribution in [3.63, 3.8) is 0 Å². The van der Waals surface area contributed by atoms with Crippen molar-refractivity contribution in [3.8, 4) is 22.8 Å². The molecule has 0 saturated carbocycles. The van der Waals surface area contributed by atoms with Crippen molar-refractivity contribution < 1.29 is 17.9 Å².